The van der Waals surface area contributed by atoms with Crippen LogP contribution in [0.25, 0.3) is 0 Å². The number of fused-ring (bicyclic) bond motifs is 12. The molecule has 20 rings (SSSR count). The summed E-state index contributed by atoms with van der Waals surface area (Å²) < 4.78 is 123. The van der Waals surface area contributed by atoms with Crippen molar-refractivity contribution in [1.82, 2.24) is 5.32 Å². The number of rotatable bonds is 11. The van der Waals surface area contributed by atoms with Gasteiger partial charge in [0.05, 0.1) is 134 Å². The summed E-state index contributed by atoms with van der Waals surface area (Å²) in [6.07, 6.45) is 6.33. The molecule has 2 spiro atoms. The lowest BCUT2D eigenvalue weighted by molar-refractivity contribution is -0.292. The molecule has 20 aliphatic heterocycles. The molecule has 104 heavy (non-hydrogen) atoms. The first-order chi connectivity index (χ1) is 50.3. The molecule has 0 radical (unpaired) electrons. The monoisotopic (exact) mass is 1460 g/mol. The fraction of sp³-hybridized carbons (Fsp3) is 0.877. The Labute approximate surface area is 613 Å². The number of methoxy groups -OCH3 is 2. The Morgan fingerprint density at radius 1 is 0.423 bits per heavy atom. The van der Waals surface area contributed by atoms with Crippen molar-refractivity contribution in [3.8, 4) is 0 Å². The van der Waals surface area contributed by atoms with E-state index in [-0.39, 0.29) is 202 Å². The van der Waals surface area contributed by atoms with Crippen molar-refractivity contribution >= 4 is 11.6 Å². The number of carbonyl (C=O) groups is 2. The number of hydrogen-bond donors (Lipinski definition) is 3. The molecule has 0 amide bonds. The summed E-state index contributed by atoms with van der Waals surface area (Å²) in [6.45, 7) is 23.3. The molecule has 38 atom stereocenters. The van der Waals surface area contributed by atoms with E-state index in [1.54, 1.807) is 14.2 Å². The summed E-state index contributed by atoms with van der Waals surface area (Å²) >= 11 is 0. The van der Waals surface area contributed by atoms with Crippen LogP contribution >= 0.6 is 0 Å². The third kappa shape index (κ3) is 14.0. The number of aliphatic hydroxyl groups excluding tert-OH is 2. The second kappa shape index (κ2) is 29.5. The van der Waals surface area contributed by atoms with Gasteiger partial charge >= 0.3 is 0 Å². The van der Waals surface area contributed by atoms with Crippen LogP contribution < -0.4 is 5.32 Å². The molecule has 3 N–H and O–H groups in total. The number of Topliss-reactive ketones (excluding diaryl/α,β-unsaturated/α-hetero) is 2. The van der Waals surface area contributed by atoms with Gasteiger partial charge in [-0.3, -0.25) is 9.59 Å². The Morgan fingerprint density at radius 2 is 0.837 bits per heavy atom. The van der Waals surface area contributed by atoms with Crippen molar-refractivity contribution in [3.05, 3.63) is 48.6 Å². The molecule has 0 aromatic carbocycles. The topological polar surface area (TPSA) is 253 Å². The average molecular weight is 1460 g/mol. The third-order valence-electron chi connectivity index (χ3n) is 28.4. The minimum absolute atomic E-state index is 0.0000967. The molecule has 0 aromatic heterocycles. The first-order valence-corrected chi connectivity index (χ1v) is 40.7. The van der Waals surface area contributed by atoms with Crippen LogP contribution in [0.15, 0.2) is 48.6 Å². The van der Waals surface area contributed by atoms with E-state index in [0.717, 1.165) is 99.3 Å². The number of aliphatic hydroxyl groups is 2. The number of ether oxygens (including phenoxy) is 18. The molecule has 0 saturated carbocycles. The van der Waals surface area contributed by atoms with Gasteiger partial charge in [0, 0.05) is 110 Å². The Balaban J connectivity index is 0.524. The van der Waals surface area contributed by atoms with Gasteiger partial charge in [-0.25, -0.2) is 0 Å². The highest BCUT2D eigenvalue weighted by Crippen LogP contribution is 2.57. The molecule has 20 fully saturated rings. The van der Waals surface area contributed by atoms with Gasteiger partial charge in [-0.05, 0) is 137 Å². The van der Waals surface area contributed by atoms with Crippen LogP contribution in [0.4, 0.5) is 0 Å². The SMILES string of the molecule is C=C1C[C@@H]2CC[C@@]34C[C@@H]5O[C@@H]6C(O[C@H]7CCC(CC(=O)C[C@@H]8[C@@H](OC)[C@@H](C[C@H](O)CCNC[C@@H](O)C[C@H]9O[C@H]%10CC%11O[C@@H](CCC%12O[C@@H](CC[C@@]%13%14C[C@@H]%15O[C@@H]%16C(O[C@H]%17CCC(CC(=O)C[C@@H]%10[C@H]9OC)OC%17[C@@H]%16O%13)[C@@H]%15O%14)CC%12=C)C[C@@H](C)C%11=C)O[C@H]8CC8O[C@@H](CCC1O2)C[C@@H](C)C8=C)OC7[C@@H]6O3)[C@@H]5O4. The Morgan fingerprint density at radius 3 is 1.31 bits per heavy atom. The molecule has 20 saturated heterocycles. The maximum absolute atomic E-state index is 14.7. The summed E-state index contributed by atoms with van der Waals surface area (Å²) in [5.74, 6) is -1.81. The molecule has 20 heterocycles. The number of nitrogens with one attached hydrogen (secondary N) is 1. The third-order valence-corrected chi connectivity index (χ3v) is 28.4. The van der Waals surface area contributed by atoms with E-state index in [0.29, 0.717) is 64.3 Å². The second-order valence-corrected chi connectivity index (χ2v) is 35.4. The van der Waals surface area contributed by atoms with Crippen LogP contribution in [0.3, 0.4) is 0 Å². The van der Waals surface area contributed by atoms with Gasteiger partial charge < -0.3 is 101 Å². The Bertz CT molecular complexity index is 2990. The zero-order valence-electron chi connectivity index (χ0n) is 61.7. The molecule has 24 bridgehead atoms. The quantitative estimate of drug-likeness (QED) is 0.131. The standard InChI is InChI=1S/C81H117NO22/c1-38-23-48-9-13-56-40(3)25-52(89-56)17-20-80-35-66-72(101-80)74-76(99-66)78(103-80)70-58(97-74)15-11-50(93-70)27-45(84)29-54-62(33-60(91-48)42(38)5)95-64(68(54)87-7)31-44(83)19-22-82-37-47(86)32-65-69(88-8)55-30-46(85)28-51-12-16-59-71(94-51)79-77-75(98-59)73-67(100-77)36-81(102-73,104-79)21-18-53-26-41(4)57(90-53)14-10-49-24-39(2)43(6)61(92-49)34-63(55)96-65/h38-39,44,47-79,82-83,86H,3-6,9-37H2,1-2,7-8H3/t38-,39-,44-,47+,48+,49+,50?,51?,52+,53+,54+,55+,56?,57?,58+,59+,60?,61?,62+,63+,64-,65-,66+,67+,68-,69-,70?,71?,72-,73-,74?,75?,76-,77-,78+,79+,80+,81+/m1/s1. The van der Waals surface area contributed by atoms with Crippen LogP contribution in [0, 0.1) is 23.7 Å². The summed E-state index contributed by atoms with van der Waals surface area (Å²) in [7, 11) is 3.34. The maximum atomic E-state index is 14.7. The van der Waals surface area contributed by atoms with Gasteiger partial charge in [0.15, 0.2) is 11.6 Å². The molecule has 0 aromatic rings. The molecule has 20 aliphatic rings. The summed E-state index contributed by atoms with van der Waals surface area (Å²) in [6, 6.07) is 0. The van der Waals surface area contributed by atoms with Gasteiger partial charge in [0.1, 0.15) is 72.6 Å². The van der Waals surface area contributed by atoms with Crippen molar-refractivity contribution in [2.45, 2.75) is 394 Å². The largest absolute Gasteiger partial charge is 0.393 e. The van der Waals surface area contributed by atoms with Gasteiger partial charge in [0.25, 0.3) is 0 Å². The summed E-state index contributed by atoms with van der Waals surface area (Å²) in [5.41, 5.74) is 4.26. The average Bonchev–Trinajstić information content (AvgIpc) is 1.55. The van der Waals surface area contributed by atoms with Gasteiger partial charge in [0.2, 0.25) is 0 Å². The highest BCUT2D eigenvalue weighted by atomic mass is 16.8. The van der Waals surface area contributed by atoms with Crippen molar-refractivity contribution < 1.29 is 105 Å². The minimum atomic E-state index is -0.849. The van der Waals surface area contributed by atoms with E-state index in [1.165, 1.54) is 0 Å². The zero-order chi connectivity index (χ0) is 71.2. The van der Waals surface area contributed by atoms with Crippen molar-refractivity contribution in [2.24, 2.45) is 23.7 Å². The molecule has 578 valence electrons. The fourth-order valence-electron chi connectivity index (χ4n) is 23.1. The van der Waals surface area contributed by atoms with E-state index >= 15 is 0 Å². The van der Waals surface area contributed by atoms with E-state index in [1.807, 2.05) is 0 Å². The van der Waals surface area contributed by atoms with Gasteiger partial charge in [-0.1, -0.05) is 40.2 Å². The lowest BCUT2D eigenvalue weighted by atomic mass is 9.81. The van der Waals surface area contributed by atoms with E-state index in [4.69, 9.17) is 85.3 Å². The number of ketones is 2. The summed E-state index contributed by atoms with van der Waals surface area (Å²) in [5, 5.41) is 27.3. The normalized spacial score (nSPS) is 52.6. The van der Waals surface area contributed by atoms with Gasteiger partial charge in [-0.15, -0.1) is 0 Å². The molecular formula is C81H117NO22. The highest BCUT2D eigenvalue weighted by Gasteiger charge is 2.71. The molecule has 23 nitrogen and oxygen atoms in total. The Hall–Kier alpha value is -2.54. The van der Waals surface area contributed by atoms with Crippen molar-refractivity contribution in [3.63, 3.8) is 0 Å². The zero-order valence-corrected chi connectivity index (χ0v) is 61.7. The summed E-state index contributed by atoms with van der Waals surface area (Å²) in [4.78, 5) is 29.5. The van der Waals surface area contributed by atoms with Crippen LogP contribution in [-0.4, -0.2) is 256 Å². The molecule has 10 unspecified atom stereocenters. The smallest absolute Gasteiger partial charge is 0.172 e. The number of hydrogen-bond acceptors (Lipinski definition) is 23. The first-order valence-electron chi connectivity index (χ1n) is 40.7. The lowest BCUT2D eigenvalue weighted by Crippen LogP contribution is -2.61. The van der Waals surface area contributed by atoms with Crippen molar-refractivity contribution in [2.75, 3.05) is 27.3 Å². The van der Waals surface area contributed by atoms with E-state index < -0.39 is 84.8 Å². The molecular weight excluding hydrogens is 1340 g/mol. The first kappa shape index (κ1) is 73.0. The highest BCUT2D eigenvalue weighted by molar-refractivity contribution is 5.80. The predicted octanol–water partition coefficient (Wildman–Crippen LogP) is 7.95. The minimum Gasteiger partial charge on any atom is -0.393 e. The number of carbonyl (C=O) groups excluding carboxylic acids is 2. The van der Waals surface area contributed by atoms with Crippen molar-refractivity contribution in [1.29, 1.82) is 0 Å². The lowest BCUT2D eigenvalue weighted by Gasteiger charge is -2.47. The van der Waals surface area contributed by atoms with E-state index in [2.05, 4.69) is 45.5 Å². The predicted molar refractivity (Wildman–Crippen MR) is 372 cm³/mol. The van der Waals surface area contributed by atoms with Crippen LogP contribution in [0.5, 0.6) is 0 Å². The maximum Gasteiger partial charge on any atom is 0.172 e. The van der Waals surface area contributed by atoms with Crippen LogP contribution in [-0.2, 0) is 94.9 Å². The van der Waals surface area contributed by atoms with E-state index in [9.17, 15) is 19.8 Å². The molecule has 23 heteroatoms. The Kier molecular flexibility index (Phi) is 20.7. The van der Waals surface area contributed by atoms with Crippen LogP contribution in [0.2, 0.25) is 0 Å². The second-order valence-electron chi connectivity index (χ2n) is 35.4. The van der Waals surface area contributed by atoms with Gasteiger partial charge in [-0.2, -0.15) is 0 Å². The molecule has 0 aliphatic carbocycles. The fourth-order valence-corrected chi connectivity index (χ4v) is 23.1. The van der Waals surface area contributed by atoms with Crippen LogP contribution in [0.1, 0.15) is 187 Å².